The highest BCUT2D eigenvalue weighted by Crippen LogP contribution is 2.23. The summed E-state index contributed by atoms with van der Waals surface area (Å²) < 4.78 is 1.82. The third-order valence-electron chi connectivity index (χ3n) is 6.64. The van der Waals surface area contributed by atoms with Crippen LogP contribution in [0.15, 0.2) is 36.4 Å². The minimum absolute atomic E-state index is 0.0155. The van der Waals surface area contributed by atoms with Crippen molar-refractivity contribution < 1.29 is 9.59 Å². The fourth-order valence-electron chi connectivity index (χ4n) is 4.60. The number of likely N-dealkylation sites (N-methyl/N-ethyl adjacent to an activating group) is 1. The monoisotopic (exact) mass is 423 g/mol. The van der Waals surface area contributed by atoms with Crippen LogP contribution >= 0.6 is 0 Å². The predicted molar refractivity (Wildman–Crippen MR) is 120 cm³/mol. The van der Waals surface area contributed by atoms with E-state index < -0.39 is 0 Å². The number of para-hydroxylation sites is 1. The second kappa shape index (κ2) is 9.64. The molecular formula is C24H33N5O2. The third-order valence-corrected chi connectivity index (χ3v) is 6.64. The fraction of sp³-hybridized carbons (Fsp3) is 0.542. The number of amides is 2. The first-order valence-corrected chi connectivity index (χ1v) is 11.5. The van der Waals surface area contributed by atoms with Crippen LogP contribution in [0.3, 0.4) is 0 Å². The normalized spacial score (nSPS) is 18.4. The lowest BCUT2D eigenvalue weighted by Crippen LogP contribution is -2.49. The summed E-state index contributed by atoms with van der Waals surface area (Å²) in [5.74, 6) is 0.625. The zero-order valence-electron chi connectivity index (χ0n) is 18.7. The molecule has 0 radical (unpaired) electrons. The van der Waals surface area contributed by atoms with Crippen molar-refractivity contribution in [3.8, 4) is 5.69 Å². The van der Waals surface area contributed by atoms with E-state index in [9.17, 15) is 9.59 Å². The van der Waals surface area contributed by atoms with Gasteiger partial charge in [-0.1, -0.05) is 25.1 Å². The number of likely N-dealkylation sites (tertiary alicyclic amines) is 1. The number of carbonyl (C=O) groups excluding carboxylic acids is 2. The predicted octanol–water partition coefficient (Wildman–Crippen LogP) is 2.59. The van der Waals surface area contributed by atoms with Crippen LogP contribution in [-0.4, -0.2) is 82.1 Å². The lowest BCUT2D eigenvalue weighted by molar-refractivity contribution is -0.134. The average molecular weight is 424 g/mol. The zero-order chi connectivity index (χ0) is 21.8. The second-order valence-electron chi connectivity index (χ2n) is 8.67. The number of aromatic nitrogens is 2. The van der Waals surface area contributed by atoms with E-state index in [2.05, 4.69) is 16.9 Å². The summed E-state index contributed by atoms with van der Waals surface area (Å²) in [6.45, 7) is 10.2. The van der Waals surface area contributed by atoms with Gasteiger partial charge in [0.2, 0.25) is 5.91 Å². The molecule has 4 rings (SSSR count). The minimum atomic E-state index is -0.0155. The van der Waals surface area contributed by atoms with E-state index in [1.807, 2.05) is 57.8 Å². The van der Waals surface area contributed by atoms with Gasteiger partial charge in [0.05, 0.1) is 5.69 Å². The Morgan fingerprint density at radius 3 is 2.29 bits per heavy atom. The van der Waals surface area contributed by atoms with Crippen molar-refractivity contribution in [1.29, 1.82) is 0 Å². The van der Waals surface area contributed by atoms with Gasteiger partial charge in [0.25, 0.3) is 5.91 Å². The van der Waals surface area contributed by atoms with Crippen molar-refractivity contribution in [3.05, 3.63) is 47.8 Å². The molecule has 0 bridgehead atoms. The molecular weight excluding hydrogens is 390 g/mol. The van der Waals surface area contributed by atoms with Crippen molar-refractivity contribution in [2.45, 2.75) is 33.1 Å². The Bertz CT molecular complexity index is 894. The lowest BCUT2D eigenvalue weighted by atomic mass is 9.92. The van der Waals surface area contributed by atoms with Crippen LogP contribution in [0.4, 0.5) is 0 Å². The van der Waals surface area contributed by atoms with Crippen molar-refractivity contribution in [2.24, 2.45) is 5.92 Å². The van der Waals surface area contributed by atoms with Crippen LogP contribution in [-0.2, 0) is 4.79 Å². The average Bonchev–Trinajstić information content (AvgIpc) is 3.21. The summed E-state index contributed by atoms with van der Waals surface area (Å²) >= 11 is 0. The summed E-state index contributed by atoms with van der Waals surface area (Å²) in [7, 11) is 0. The maximum absolute atomic E-state index is 13.0. The molecule has 0 unspecified atom stereocenters. The van der Waals surface area contributed by atoms with Gasteiger partial charge in [0.15, 0.2) is 5.69 Å². The number of carbonyl (C=O) groups is 2. The molecule has 2 amide bonds. The number of piperidine rings is 1. The number of hydrogen-bond acceptors (Lipinski definition) is 4. The molecule has 0 aliphatic carbocycles. The molecule has 0 atom stereocenters. The van der Waals surface area contributed by atoms with E-state index in [0.29, 0.717) is 31.1 Å². The van der Waals surface area contributed by atoms with Gasteiger partial charge in [-0.25, -0.2) is 4.68 Å². The highest BCUT2D eigenvalue weighted by atomic mass is 16.2. The van der Waals surface area contributed by atoms with Crippen LogP contribution in [0.5, 0.6) is 0 Å². The Morgan fingerprint density at radius 1 is 0.968 bits per heavy atom. The van der Waals surface area contributed by atoms with Crippen LogP contribution < -0.4 is 0 Å². The van der Waals surface area contributed by atoms with E-state index in [1.54, 1.807) is 0 Å². The Hall–Kier alpha value is -2.67. The summed E-state index contributed by atoms with van der Waals surface area (Å²) in [5.41, 5.74) is 2.39. The second-order valence-corrected chi connectivity index (χ2v) is 8.67. The number of rotatable bonds is 5. The topological polar surface area (TPSA) is 61.7 Å². The molecule has 2 aliphatic rings. The van der Waals surface area contributed by atoms with Crippen LogP contribution in [0, 0.1) is 12.8 Å². The lowest BCUT2D eigenvalue weighted by Gasteiger charge is -2.36. The number of nitrogens with zero attached hydrogens (tertiary/aromatic N) is 5. The third kappa shape index (κ3) is 4.98. The zero-order valence-corrected chi connectivity index (χ0v) is 18.7. The molecule has 0 saturated carbocycles. The molecule has 1 aromatic carbocycles. The van der Waals surface area contributed by atoms with E-state index in [4.69, 9.17) is 0 Å². The molecule has 2 saturated heterocycles. The Labute approximate surface area is 184 Å². The molecule has 2 aromatic rings. The van der Waals surface area contributed by atoms with Crippen LogP contribution in [0.1, 0.15) is 42.4 Å². The van der Waals surface area contributed by atoms with Gasteiger partial charge >= 0.3 is 0 Å². The largest absolute Gasteiger partial charge is 0.340 e. The van der Waals surface area contributed by atoms with E-state index in [-0.39, 0.29) is 11.8 Å². The maximum Gasteiger partial charge on any atom is 0.274 e. The van der Waals surface area contributed by atoms with Crippen molar-refractivity contribution in [1.82, 2.24) is 24.5 Å². The number of hydrogen-bond donors (Lipinski definition) is 0. The van der Waals surface area contributed by atoms with Gasteiger partial charge in [-0.15, -0.1) is 0 Å². The molecule has 3 heterocycles. The molecule has 31 heavy (non-hydrogen) atoms. The Morgan fingerprint density at radius 2 is 1.65 bits per heavy atom. The summed E-state index contributed by atoms with van der Waals surface area (Å²) in [4.78, 5) is 32.0. The first-order chi connectivity index (χ1) is 15.0. The number of piperazine rings is 1. The molecule has 7 nitrogen and oxygen atoms in total. The SMILES string of the molecule is CCN1CCN(C(=O)CC2CCN(C(=O)c3cc(C)n(-c4ccccc4)n3)CC2)CC1. The molecule has 0 N–H and O–H groups in total. The van der Waals surface area contributed by atoms with E-state index in [1.165, 1.54) is 0 Å². The highest BCUT2D eigenvalue weighted by Gasteiger charge is 2.28. The number of aryl methyl sites for hydroxylation is 1. The molecule has 7 heteroatoms. The first kappa shape index (κ1) is 21.6. The smallest absolute Gasteiger partial charge is 0.274 e. The molecule has 0 spiro atoms. The molecule has 1 aromatic heterocycles. The van der Waals surface area contributed by atoms with Crippen molar-refractivity contribution >= 4 is 11.8 Å². The van der Waals surface area contributed by atoms with Crippen molar-refractivity contribution in [2.75, 3.05) is 45.8 Å². The van der Waals surface area contributed by atoms with E-state index >= 15 is 0 Å². The summed E-state index contributed by atoms with van der Waals surface area (Å²) in [6.07, 6.45) is 2.37. The van der Waals surface area contributed by atoms with Crippen LogP contribution in [0.25, 0.3) is 5.69 Å². The molecule has 2 fully saturated rings. The Kier molecular flexibility index (Phi) is 6.70. The van der Waals surface area contributed by atoms with Gasteiger partial charge < -0.3 is 14.7 Å². The quantitative estimate of drug-likeness (QED) is 0.742. The standard InChI is InChI=1S/C24H33N5O2/c1-3-26-13-15-27(16-14-26)23(30)18-20-9-11-28(12-10-20)24(31)22-17-19(2)29(25-22)21-7-5-4-6-8-21/h4-8,17,20H,3,9-16,18H2,1-2H3. The maximum atomic E-state index is 13.0. The summed E-state index contributed by atoms with van der Waals surface area (Å²) in [6, 6.07) is 11.7. The van der Waals surface area contributed by atoms with Gasteiger partial charge in [0, 0.05) is 51.4 Å². The fourth-order valence-corrected chi connectivity index (χ4v) is 4.60. The van der Waals surface area contributed by atoms with Crippen LogP contribution in [0.2, 0.25) is 0 Å². The van der Waals surface area contributed by atoms with Gasteiger partial charge in [-0.2, -0.15) is 5.10 Å². The van der Waals surface area contributed by atoms with E-state index in [0.717, 1.165) is 56.9 Å². The molecule has 166 valence electrons. The molecule has 2 aliphatic heterocycles. The van der Waals surface area contributed by atoms with Gasteiger partial charge in [0.1, 0.15) is 0 Å². The summed E-state index contributed by atoms with van der Waals surface area (Å²) in [5, 5.41) is 4.56. The van der Waals surface area contributed by atoms with Gasteiger partial charge in [-0.05, 0) is 50.4 Å². The van der Waals surface area contributed by atoms with Crippen molar-refractivity contribution in [3.63, 3.8) is 0 Å². The minimum Gasteiger partial charge on any atom is -0.340 e. The Balaban J connectivity index is 1.29. The number of benzene rings is 1. The highest BCUT2D eigenvalue weighted by molar-refractivity contribution is 5.92. The van der Waals surface area contributed by atoms with Gasteiger partial charge in [-0.3, -0.25) is 9.59 Å². The first-order valence-electron chi connectivity index (χ1n) is 11.5.